The molecular formula is C20H20Cl3N5O3S2. The van der Waals surface area contributed by atoms with Gasteiger partial charge in [0.1, 0.15) is 4.90 Å². The highest BCUT2D eigenvalue weighted by molar-refractivity contribution is 7.92. The summed E-state index contributed by atoms with van der Waals surface area (Å²) in [4.78, 5) is 21.2. The van der Waals surface area contributed by atoms with Crippen molar-refractivity contribution in [3.63, 3.8) is 0 Å². The number of nitrogens with one attached hydrogen (secondary N) is 2. The molecule has 8 nitrogen and oxygen atoms in total. The van der Waals surface area contributed by atoms with Gasteiger partial charge in [0.15, 0.2) is 10.3 Å². The Kier molecular flexibility index (Phi) is 7.87. The van der Waals surface area contributed by atoms with Crippen LogP contribution in [-0.2, 0) is 14.8 Å². The second kappa shape index (κ2) is 10.1. The molecule has 0 saturated carbocycles. The largest absolute Gasteiger partial charge is 0.320 e. The van der Waals surface area contributed by atoms with Crippen LogP contribution < -0.4 is 15.8 Å². The molecule has 0 radical (unpaired) electrons. The topological polar surface area (TPSA) is 127 Å². The van der Waals surface area contributed by atoms with Crippen LogP contribution in [0, 0.1) is 12.8 Å². The second-order valence-electron chi connectivity index (χ2n) is 7.41. The zero-order valence-corrected chi connectivity index (χ0v) is 21.6. The van der Waals surface area contributed by atoms with Crippen molar-refractivity contribution < 1.29 is 13.2 Å². The number of aryl methyl sites for hydroxylation is 1. The maximum atomic E-state index is 12.9. The minimum absolute atomic E-state index is 0.0328. The molecule has 4 N–H and O–H groups in total. The summed E-state index contributed by atoms with van der Waals surface area (Å²) < 4.78 is 28.2. The van der Waals surface area contributed by atoms with Crippen LogP contribution in [-0.4, -0.2) is 30.3 Å². The van der Waals surface area contributed by atoms with E-state index >= 15 is 0 Å². The van der Waals surface area contributed by atoms with E-state index in [2.05, 4.69) is 20.0 Å². The minimum Gasteiger partial charge on any atom is -0.320 e. The van der Waals surface area contributed by atoms with Gasteiger partial charge in [0.25, 0.3) is 10.0 Å². The molecule has 0 fully saturated rings. The van der Waals surface area contributed by atoms with Gasteiger partial charge in [-0.3, -0.25) is 9.52 Å². The molecular weight excluding hydrogens is 529 g/mol. The van der Waals surface area contributed by atoms with Crippen LogP contribution in [0.4, 0.5) is 10.8 Å². The summed E-state index contributed by atoms with van der Waals surface area (Å²) in [6.07, 6.45) is 1.48. The Morgan fingerprint density at radius 1 is 1.21 bits per heavy atom. The number of sulfonamides is 1. The molecule has 2 aromatic heterocycles. The Hall–Kier alpha value is -1.95. The highest BCUT2D eigenvalue weighted by atomic mass is 35.5. The number of amides is 1. The molecule has 3 rings (SSSR count). The molecule has 0 unspecified atom stereocenters. The molecule has 13 heteroatoms. The van der Waals surface area contributed by atoms with E-state index in [4.69, 9.17) is 40.5 Å². The Balaban J connectivity index is 1.92. The molecule has 0 aliphatic rings. The number of rotatable bonds is 7. The number of pyridine rings is 1. The van der Waals surface area contributed by atoms with Crippen LogP contribution in [0.5, 0.6) is 0 Å². The Morgan fingerprint density at radius 3 is 2.58 bits per heavy atom. The minimum atomic E-state index is -4.10. The van der Waals surface area contributed by atoms with Crippen molar-refractivity contribution in [2.45, 2.75) is 31.7 Å². The summed E-state index contributed by atoms with van der Waals surface area (Å²) in [5.74, 6) is -0.374. The van der Waals surface area contributed by atoms with Crippen molar-refractivity contribution in [3.05, 3.63) is 51.4 Å². The normalized spacial score (nSPS) is 12.6. The highest BCUT2D eigenvalue weighted by Crippen LogP contribution is 2.36. The number of hydrogen-bond donors (Lipinski definition) is 3. The van der Waals surface area contributed by atoms with Crippen molar-refractivity contribution in [2.75, 3.05) is 10.0 Å². The molecule has 0 aliphatic carbocycles. The number of nitrogens with two attached hydrogens (primary N) is 1. The molecule has 0 bridgehead atoms. The van der Waals surface area contributed by atoms with Crippen molar-refractivity contribution in [3.8, 4) is 10.4 Å². The van der Waals surface area contributed by atoms with Gasteiger partial charge < -0.3 is 11.1 Å². The standard InChI is InChI=1S/C20H20Cl3N5O3S2/c1-9(2)16(24)19(29)27-20-26-10(3)17(32-20)11-7-13(18(23)25-8-11)28-33(30,31)14-6-4-5-12(21)15(14)22/h4-9,16,28H,24H2,1-3H3,(H,26,27,29)/t16-/m0/s1. The average molecular weight is 549 g/mol. The maximum absolute atomic E-state index is 12.9. The molecule has 1 amide bonds. The zero-order chi connectivity index (χ0) is 24.5. The number of carbonyl (C=O) groups excluding carboxylic acids is 1. The zero-order valence-electron chi connectivity index (χ0n) is 17.7. The van der Waals surface area contributed by atoms with Crippen LogP contribution in [0.1, 0.15) is 19.5 Å². The molecule has 1 aromatic carbocycles. The van der Waals surface area contributed by atoms with Crippen LogP contribution in [0.2, 0.25) is 15.2 Å². The molecule has 0 aliphatic heterocycles. The summed E-state index contributed by atoms with van der Waals surface area (Å²) in [7, 11) is -4.10. The molecule has 0 saturated heterocycles. The second-order valence-corrected chi connectivity index (χ2v) is 11.2. The first-order valence-electron chi connectivity index (χ1n) is 9.57. The van der Waals surface area contributed by atoms with Gasteiger partial charge in [-0.05, 0) is 31.0 Å². The van der Waals surface area contributed by atoms with E-state index in [0.29, 0.717) is 21.3 Å². The SMILES string of the molecule is Cc1nc(NC(=O)[C@@H](N)C(C)C)sc1-c1cnc(Cl)c(NS(=O)(=O)c2cccc(Cl)c2Cl)c1. The lowest BCUT2D eigenvalue weighted by Crippen LogP contribution is -2.39. The molecule has 1 atom stereocenters. The van der Waals surface area contributed by atoms with E-state index in [1.807, 2.05) is 13.8 Å². The first kappa shape index (κ1) is 25.7. The maximum Gasteiger partial charge on any atom is 0.263 e. The smallest absolute Gasteiger partial charge is 0.263 e. The third-order valence-electron chi connectivity index (χ3n) is 4.60. The molecule has 2 heterocycles. The lowest BCUT2D eigenvalue weighted by atomic mass is 10.1. The van der Waals surface area contributed by atoms with Crippen LogP contribution in [0.3, 0.4) is 0 Å². The predicted molar refractivity (Wildman–Crippen MR) is 134 cm³/mol. The number of thiazole rings is 1. The highest BCUT2D eigenvalue weighted by Gasteiger charge is 2.23. The van der Waals surface area contributed by atoms with E-state index in [-0.39, 0.29) is 37.6 Å². The fraction of sp³-hybridized carbons (Fsp3) is 0.250. The van der Waals surface area contributed by atoms with E-state index < -0.39 is 16.1 Å². The van der Waals surface area contributed by atoms with E-state index in [0.717, 1.165) is 0 Å². The van der Waals surface area contributed by atoms with Crippen LogP contribution in [0.25, 0.3) is 10.4 Å². The quantitative estimate of drug-likeness (QED) is 0.348. The lowest BCUT2D eigenvalue weighted by Gasteiger charge is -2.13. The Labute approximate surface area is 210 Å². The van der Waals surface area contributed by atoms with Gasteiger partial charge in [-0.15, -0.1) is 0 Å². The van der Waals surface area contributed by atoms with E-state index in [9.17, 15) is 13.2 Å². The van der Waals surface area contributed by atoms with Gasteiger partial charge in [-0.2, -0.15) is 0 Å². The number of aromatic nitrogens is 2. The van der Waals surface area contributed by atoms with Gasteiger partial charge in [0.05, 0.1) is 32.3 Å². The van der Waals surface area contributed by atoms with Gasteiger partial charge >= 0.3 is 0 Å². The monoisotopic (exact) mass is 547 g/mol. The number of nitrogens with zero attached hydrogens (tertiary/aromatic N) is 2. The van der Waals surface area contributed by atoms with Crippen molar-refractivity contribution >= 4 is 72.9 Å². The molecule has 176 valence electrons. The van der Waals surface area contributed by atoms with Crippen molar-refractivity contribution in [1.29, 1.82) is 0 Å². The van der Waals surface area contributed by atoms with Gasteiger partial charge in [-0.1, -0.05) is 66.1 Å². The fourth-order valence-corrected chi connectivity index (χ4v) is 5.72. The molecule has 3 aromatic rings. The number of halogens is 3. The fourth-order valence-electron chi connectivity index (χ4n) is 2.74. The average Bonchev–Trinajstić information content (AvgIpc) is 3.10. The summed E-state index contributed by atoms with van der Waals surface area (Å²) in [5.41, 5.74) is 7.10. The van der Waals surface area contributed by atoms with E-state index in [1.54, 1.807) is 6.92 Å². The third kappa shape index (κ3) is 5.76. The van der Waals surface area contributed by atoms with Crippen LogP contribution in [0.15, 0.2) is 35.4 Å². The lowest BCUT2D eigenvalue weighted by molar-refractivity contribution is -0.118. The summed E-state index contributed by atoms with van der Waals surface area (Å²) in [6.45, 7) is 5.46. The van der Waals surface area contributed by atoms with Gasteiger partial charge in [0, 0.05) is 11.8 Å². The summed E-state index contributed by atoms with van der Waals surface area (Å²) in [5, 5.41) is 3.02. The number of carbonyl (C=O) groups is 1. The van der Waals surface area contributed by atoms with Gasteiger partial charge in [-0.25, -0.2) is 18.4 Å². The Bertz CT molecular complexity index is 1310. The van der Waals surface area contributed by atoms with Crippen LogP contribution >= 0.6 is 46.1 Å². The third-order valence-corrected chi connectivity index (χ3v) is 8.36. The van der Waals surface area contributed by atoms with Crippen molar-refractivity contribution in [2.24, 2.45) is 11.7 Å². The van der Waals surface area contributed by atoms with Gasteiger partial charge in [0.2, 0.25) is 5.91 Å². The number of anilines is 2. The molecule has 0 spiro atoms. The number of hydrogen-bond acceptors (Lipinski definition) is 7. The first-order valence-corrected chi connectivity index (χ1v) is 13.0. The van der Waals surface area contributed by atoms with Crippen molar-refractivity contribution in [1.82, 2.24) is 9.97 Å². The molecule has 33 heavy (non-hydrogen) atoms. The summed E-state index contributed by atoms with van der Waals surface area (Å²) in [6, 6.07) is 5.13. The van der Waals surface area contributed by atoms with E-state index in [1.165, 1.54) is 41.8 Å². The number of benzene rings is 1. The predicted octanol–water partition coefficient (Wildman–Crippen LogP) is 5.20. The first-order chi connectivity index (χ1) is 15.4. The summed E-state index contributed by atoms with van der Waals surface area (Å²) >= 11 is 19.4. The Morgan fingerprint density at radius 2 is 1.91 bits per heavy atom.